The summed E-state index contributed by atoms with van der Waals surface area (Å²) in [6.07, 6.45) is 4.08. The number of carbonyl (C=O) groups excluding carboxylic acids is 2. The van der Waals surface area contributed by atoms with Gasteiger partial charge in [0.1, 0.15) is 12.4 Å². The molecule has 1 aliphatic carbocycles. The highest BCUT2D eigenvalue weighted by Gasteiger charge is 2.23. The second-order valence-electron chi connectivity index (χ2n) is 9.95. The number of hydrogen-bond acceptors (Lipinski definition) is 4. The number of ether oxygens (including phenoxy) is 1. The molecule has 0 bridgehead atoms. The number of benzene rings is 3. The second-order valence-corrected chi connectivity index (χ2v) is 9.95. The van der Waals surface area contributed by atoms with Gasteiger partial charge in [-0.3, -0.25) is 4.79 Å². The molecule has 0 atom stereocenters. The summed E-state index contributed by atoms with van der Waals surface area (Å²) in [5.41, 5.74) is 5.79. The third-order valence-corrected chi connectivity index (χ3v) is 6.68. The molecular formula is C31H34N4O3. The average Bonchev–Trinajstić information content (AvgIpc) is 3.65. The molecule has 1 aliphatic rings. The Morgan fingerprint density at radius 1 is 1.00 bits per heavy atom. The number of amides is 2. The zero-order valence-corrected chi connectivity index (χ0v) is 21.8. The van der Waals surface area contributed by atoms with Crippen LogP contribution in [0.1, 0.15) is 49.6 Å². The summed E-state index contributed by atoms with van der Waals surface area (Å²) in [5.74, 6) is 0.795. The Morgan fingerprint density at radius 2 is 1.79 bits per heavy atom. The molecule has 0 radical (unpaired) electrons. The molecule has 7 nitrogen and oxygen atoms in total. The van der Waals surface area contributed by atoms with Crippen LogP contribution in [-0.4, -0.2) is 39.5 Å². The molecule has 3 aromatic carbocycles. The van der Waals surface area contributed by atoms with E-state index in [0.717, 1.165) is 64.8 Å². The normalized spacial score (nSPS) is 12.9. The van der Waals surface area contributed by atoms with E-state index in [4.69, 9.17) is 9.72 Å². The Hall–Kier alpha value is -4.13. The average molecular weight is 511 g/mol. The van der Waals surface area contributed by atoms with Crippen molar-refractivity contribution in [1.82, 2.24) is 20.2 Å². The van der Waals surface area contributed by atoms with Crippen LogP contribution in [0.3, 0.4) is 0 Å². The minimum absolute atomic E-state index is 0.0771. The predicted octanol–water partition coefficient (Wildman–Crippen LogP) is 5.99. The van der Waals surface area contributed by atoms with Crippen LogP contribution in [0, 0.1) is 0 Å². The highest BCUT2D eigenvalue weighted by atomic mass is 16.6. The van der Waals surface area contributed by atoms with E-state index in [1.165, 1.54) is 0 Å². The van der Waals surface area contributed by atoms with Crippen LogP contribution in [0.2, 0.25) is 0 Å². The summed E-state index contributed by atoms with van der Waals surface area (Å²) in [7, 11) is 0. The van der Waals surface area contributed by atoms with Gasteiger partial charge < -0.3 is 19.9 Å². The predicted molar refractivity (Wildman–Crippen MR) is 148 cm³/mol. The lowest BCUT2D eigenvalue weighted by atomic mass is 10.0. The molecule has 0 spiro atoms. The summed E-state index contributed by atoms with van der Waals surface area (Å²) < 4.78 is 5.59. The van der Waals surface area contributed by atoms with Gasteiger partial charge in [0.2, 0.25) is 5.91 Å². The Bertz CT molecular complexity index is 1390. The maximum atomic E-state index is 12.9. The summed E-state index contributed by atoms with van der Waals surface area (Å²) >= 11 is 0. The first kappa shape index (κ1) is 25.5. The topological polar surface area (TPSA) is 87.3 Å². The number of aromatic nitrogens is 2. The van der Waals surface area contributed by atoms with Gasteiger partial charge in [0.25, 0.3) is 0 Å². The van der Waals surface area contributed by atoms with Crippen molar-refractivity contribution in [3.05, 3.63) is 89.7 Å². The zero-order chi connectivity index (χ0) is 26.3. The number of unbranched alkanes of at least 4 members (excludes halogenated alkanes) is 1. The Morgan fingerprint density at radius 3 is 2.58 bits per heavy atom. The van der Waals surface area contributed by atoms with Crippen molar-refractivity contribution < 1.29 is 14.3 Å². The van der Waals surface area contributed by atoms with Gasteiger partial charge in [-0.05, 0) is 53.6 Å². The zero-order valence-electron chi connectivity index (χ0n) is 21.8. The molecule has 38 heavy (non-hydrogen) atoms. The van der Waals surface area contributed by atoms with Crippen molar-refractivity contribution in [3.8, 4) is 11.1 Å². The minimum Gasteiger partial charge on any atom is -0.445 e. The standard InChI is InChI=1S/C31H34N4O3/c1-2-3-16-35(31(37)38-21-22-8-5-4-6-9-22)20-29-33-27-15-12-25(19-28(27)34-29)24-11-7-10-23(17-24)18-30(36)32-26-13-14-26/h4-12,15,17,19,26H,2-3,13-14,16,18,20-21H2,1H3,(H,32,36)(H,33,34). The molecule has 0 unspecified atom stereocenters. The van der Waals surface area contributed by atoms with Crippen molar-refractivity contribution in [2.45, 2.75) is 58.2 Å². The fraction of sp³-hybridized carbons (Fsp3) is 0.323. The molecule has 196 valence electrons. The molecular weight excluding hydrogens is 476 g/mol. The first-order chi connectivity index (χ1) is 18.6. The van der Waals surface area contributed by atoms with Gasteiger partial charge in [-0.1, -0.05) is 74.0 Å². The number of hydrogen-bond donors (Lipinski definition) is 2. The lowest BCUT2D eigenvalue weighted by Gasteiger charge is -2.21. The van der Waals surface area contributed by atoms with Crippen LogP contribution in [-0.2, 0) is 29.1 Å². The second kappa shape index (κ2) is 11.9. The van der Waals surface area contributed by atoms with E-state index in [-0.39, 0.29) is 18.6 Å². The first-order valence-corrected chi connectivity index (χ1v) is 13.4. The molecule has 1 aromatic heterocycles. The molecule has 0 aliphatic heterocycles. The van der Waals surface area contributed by atoms with Crippen LogP contribution in [0.15, 0.2) is 72.8 Å². The van der Waals surface area contributed by atoms with Gasteiger partial charge in [-0.15, -0.1) is 0 Å². The number of nitrogens with zero attached hydrogens (tertiary/aromatic N) is 2. The number of aromatic amines is 1. The molecule has 1 heterocycles. The van der Waals surface area contributed by atoms with E-state index in [9.17, 15) is 9.59 Å². The van der Waals surface area contributed by atoms with Crippen LogP contribution in [0.5, 0.6) is 0 Å². The van der Waals surface area contributed by atoms with E-state index in [2.05, 4.69) is 35.4 Å². The molecule has 2 N–H and O–H groups in total. The van der Waals surface area contributed by atoms with Gasteiger partial charge in [0, 0.05) is 12.6 Å². The number of carbonyl (C=O) groups is 2. The van der Waals surface area contributed by atoms with Crippen molar-refractivity contribution in [1.29, 1.82) is 0 Å². The van der Waals surface area contributed by atoms with Crippen LogP contribution >= 0.6 is 0 Å². The lowest BCUT2D eigenvalue weighted by molar-refractivity contribution is -0.120. The number of imidazole rings is 1. The monoisotopic (exact) mass is 510 g/mol. The smallest absolute Gasteiger partial charge is 0.410 e. The van der Waals surface area contributed by atoms with Crippen LogP contribution < -0.4 is 5.32 Å². The Balaban J connectivity index is 1.27. The maximum absolute atomic E-state index is 12.9. The molecule has 5 rings (SSSR count). The maximum Gasteiger partial charge on any atom is 0.410 e. The van der Waals surface area contributed by atoms with Gasteiger partial charge in [-0.25, -0.2) is 9.78 Å². The largest absolute Gasteiger partial charge is 0.445 e. The van der Waals surface area contributed by atoms with Gasteiger partial charge >= 0.3 is 6.09 Å². The van der Waals surface area contributed by atoms with Gasteiger partial charge in [0.15, 0.2) is 0 Å². The minimum atomic E-state index is -0.342. The summed E-state index contributed by atoms with van der Waals surface area (Å²) in [5, 5.41) is 3.05. The number of rotatable bonds is 11. The van der Waals surface area contributed by atoms with Crippen molar-refractivity contribution in [2.75, 3.05) is 6.54 Å². The first-order valence-electron chi connectivity index (χ1n) is 13.4. The van der Waals surface area contributed by atoms with E-state index in [0.29, 0.717) is 25.6 Å². The van der Waals surface area contributed by atoms with Crippen molar-refractivity contribution in [2.24, 2.45) is 0 Å². The summed E-state index contributed by atoms with van der Waals surface area (Å²) in [6, 6.07) is 24.3. The molecule has 0 saturated heterocycles. The fourth-order valence-corrected chi connectivity index (χ4v) is 4.44. The van der Waals surface area contributed by atoms with E-state index in [1.54, 1.807) is 4.90 Å². The fourth-order valence-electron chi connectivity index (χ4n) is 4.44. The molecule has 4 aromatic rings. The number of H-pyrrole nitrogens is 1. The van der Waals surface area contributed by atoms with Gasteiger partial charge in [-0.2, -0.15) is 0 Å². The third-order valence-electron chi connectivity index (χ3n) is 6.68. The SMILES string of the molecule is CCCCN(Cc1nc2ccc(-c3cccc(CC(=O)NC4CC4)c3)cc2[nH]1)C(=O)OCc1ccccc1. The molecule has 7 heteroatoms. The highest BCUT2D eigenvalue weighted by molar-refractivity contribution is 5.83. The van der Waals surface area contributed by atoms with E-state index >= 15 is 0 Å². The lowest BCUT2D eigenvalue weighted by Crippen LogP contribution is -2.32. The number of fused-ring (bicyclic) bond motifs is 1. The Labute approximate surface area is 223 Å². The quantitative estimate of drug-likeness (QED) is 0.259. The molecule has 1 saturated carbocycles. The summed E-state index contributed by atoms with van der Waals surface area (Å²) in [4.78, 5) is 35.0. The van der Waals surface area contributed by atoms with Crippen molar-refractivity contribution >= 4 is 23.0 Å². The Kier molecular flexibility index (Phi) is 8.02. The molecule has 2 amide bonds. The summed E-state index contributed by atoms with van der Waals surface area (Å²) in [6.45, 7) is 3.30. The van der Waals surface area contributed by atoms with Crippen molar-refractivity contribution in [3.63, 3.8) is 0 Å². The molecule has 1 fully saturated rings. The van der Waals surface area contributed by atoms with E-state index in [1.807, 2.05) is 54.6 Å². The highest BCUT2D eigenvalue weighted by Crippen LogP contribution is 2.25. The van der Waals surface area contributed by atoms with Crippen LogP contribution in [0.25, 0.3) is 22.2 Å². The van der Waals surface area contributed by atoms with Crippen LogP contribution in [0.4, 0.5) is 4.79 Å². The van der Waals surface area contributed by atoms with E-state index < -0.39 is 0 Å². The third kappa shape index (κ3) is 6.79. The van der Waals surface area contributed by atoms with Gasteiger partial charge in [0.05, 0.1) is 24.0 Å². The number of nitrogens with one attached hydrogen (secondary N) is 2.